The second-order valence-electron chi connectivity index (χ2n) is 4.47. The fraction of sp³-hybridized carbons (Fsp3) is 0.125. The van der Waals surface area contributed by atoms with Gasteiger partial charge in [-0.3, -0.25) is 9.59 Å². The molecule has 2 aromatic carbocycles. The Morgan fingerprint density at radius 1 is 0.950 bits per heavy atom. The molecule has 0 aromatic heterocycles. The van der Waals surface area contributed by atoms with Gasteiger partial charge in [0.25, 0.3) is 0 Å². The maximum atomic E-state index is 12.5. The Labute approximate surface area is 115 Å². The number of hydrogen-bond donors (Lipinski definition) is 1. The first-order valence-corrected chi connectivity index (χ1v) is 6.32. The summed E-state index contributed by atoms with van der Waals surface area (Å²) in [7, 11) is 0. The number of ketones is 2. The first-order valence-electron chi connectivity index (χ1n) is 6.32. The van der Waals surface area contributed by atoms with E-state index in [0.717, 1.165) is 0 Å². The first kappa shape index (κ1) is 12.4. The van der Waals surface area contributed by atoms with Crippen molar-refractivity contribution >= 4 is 11.6 Å². The van der Waals surface area contributed by atoms with Gasteiger partial charge in [0.15, 0.2) is 23.1 Å². The predicted octanol–water partition coefficient (Wildman–Crippen LogP) is 2.57. The molecule has 0 heterocycles. The van der Waals surface area contributed by atoms with Gasteiger partial charge in [-0.25, -0.2) is 0 Å². The molecule has 1 N–H and O–H groups in total. The van der Waals surface area contributed by atoms with E-state index in [-0.39, 0.29) is 34.2 Å². The lowest BCUT2D eigenvalue weighted by atomic mass is 9.83. The van der Waals surface area contributed by atoms with Crippen LogP contribution in [-0.2, 0) is 0 Å². The maximum absolute atomic E-state index is 12.5. The Bertz CT molecular complexity index is 731. The summed E-state index contributed by atoms with van der Waals surface area (Å²) in [5.74, 6) is -0.660. The standard InChI is InChI=1S/C16H12O4/c1-2-20-12-8-7-11-13(16(12)19)15(18)10-6-4-3-5-9(10)14(11)17/h3-8,19H,2H2,1H3. The lowest BCUT2D eigenvalue weighted by Gasteiger charge is -2.19. The van der Waals surface area contributed by atoms with E-state index in [1.807, 2.05) is 0 Å². The highest BCUT2D eigenvalue weighted by Crippen LogP contribution is 2.38. The Balaban J connectivity index is 2.26. The highest BCUT2D eigenvalue weighted by atomic mass is 16.5. The van der Waals surface area contributed by atoms with E-state index < -0.39 is 0 Å². The SMILES string of the molecule is CCOc1ccc2c(c1O)C(=O)c1ccccc1C2=O. The number of benzene rings is 2. The van der Waals surface area contributed by atoms with E-state index in [1.165, 1.54) is 12.1 Å². The third kappa shape index (κ3) is 1.61. The third-order valence-electron chi connectivity index (χ3n) is 3.33. The zero-order valence-electron chi connectivity index (χ0n) is 10.8. The quantitative estimate of drug-likeness (QED) is 0.775. The second kappa shape index (κ2) is 4.49. The van der Waals surface area contributed by atoms with Crippen LogP contribution in [0, 0.1) is 0 Å². The zero-order valence-corrected chi connectivity index (χ0v) is 10.8. The molecule has 100 valence electrons. The molecule has 1 aliphatic rings. The van der Waals surface area contributed by atoms with Gasteiger partial charge in [0.2, 0.25) is 0 Å². The van der Waals surface area contributed by atoms with Crippen molar-refractivity contribution in [1.82, 2.24) is 0 Å². The summed E-state index contributed by atoms with van der Waals surface area (Å²) >= 11 is 0. The van der Waals surface area contributed by atoms with Crippen LogP contribution in [0.2, 0.25) is 0 Å². The highest BCUT2D eigenvalue weighted by molar-refractivity contribution is 6.29. The Kier molecular flexibility index (Phi) is 2.79. The summed E-state index contributed by atoms with van der Waals surface area (Å²) in [6.45, 7) is 2.15. The van der Waals surface area contributed by atoms with Crippen LogP contribution in [0.1, 0.15) is 38.8 Å². The summed E-state index contributed by atoms with van der Waals surface area (Å²) < 4.78 is 5.26. The smallest absolute Gasteiger partial charge is 0.198 e. The number of carbonyl (C=O) groups excluding carboxylic acids is 2. The molecule has 1 aliphatic carbocycles. The molecule has 0 amide bonds. The Morgan fingerprint density at radius 2 is 1.60 bits per heavy atom. The number of aromatic hydroxyl groups is 1. The fourth-order valence-electron chi connectivity index (χ4n) is 2.42. The van der Waals surface area contributed by atoms with E-state index in [0.29, 0.717) is 17.7 Å². The average Bonchev–Trinajstić information content (AvgIpc) is 2.47. The molecule has 0 fully saturated rings. The molecule has 3 rings (SSSR count). The van der Waals surface area contributed by atoms with E-state index in [1.54, 1.807) is 31.2 Å². The number of fused-ring (bicyclic) bond motifs is 2. The molecule has 0 spiro atoms. The normalized spacial score (nSPS) is 12.8. The summed E-state index contributed by atoms with van der Waals surface area (Å²) in [6.07, 6.45) is 0. The molecular weight excluding hydrogens is 256 g/mol. The molecule has 0 aliphatic heterocycles. The highest BCUT2D eigenvalue weighted by Gasteiger charge is 2.32. The minimum absolute atomic E-state index is 0.0275. The number of phenolic OH excluding ortho intramolecular Hbond substituents is 1. The minimum Gasteiger partial charge on any atom is -0.504 e. The van der Waals surface area contributed by atoms with Crippen molar-refractivity contribution in [1.29, 1.82) is 0 Å². The molecule has 4 nitrogen and oxygen atoms in total. The van der Waals surface area contributed by atoms with Gasteiger partial charge in [-0.05, 0) is 19.1 Å². The first-order chi connectivity index (χ1) is 9.65. The molecular formula is C16H12O4. The number of hydrogen-bond acceptors (Lipinski definition) is 4. The topological polar surface area (TPSA) is 63.6 Å². The van der Waals surface area contributed by atoms with Crippen molar-refractivity contribution in [3.63, 3.8) is 0 Å². The van der Waals surface area contributed by atoms with Gasteiger partial charge in [0, 0.05) is 16.7 Å². The molecule has 4 heteroatoms. The van der Waals surface area contributed by atoms with E-state index in [4.69, 9.17) is 4.74 Å². The lowest BCUT2D eigenvalue weighted by Crippen LogP contribution is -2.21. The van der Waals surface area contributed by atoms with Crippen molar-refractivity contribution in [2.75, 3.05) is 6.61 Å². The molecule has 0 saturated carbocycles. The zero-order chi connectivity index (χ0) is 14.3. The van der Waals surface area contributed by atoms with Gasteiger partial charge in [0.05, 0.1) is 12.2 Å². The third-order valence-corrected chi connectivity index (χ3v) is 3.33. The fourth-order valence-corrected chi connectivity index (χ4v) is 2.42. The van der Waals surface area contributed by atoms with Crippen molar-refractivity contribution in [3.05, 3.63) is 58.7 Å². The van der Waals surface area contributed by atoms with Crippen molar-refractivity contribution in [2.45, 2.75) is 6.92 Å². The number of phenols is 1. The van der Waals surface area contributed by atoms with Crippen molar-refractivity contribution < 1.29 is 19.4 Å². The largest absolute Gasteiger partial charge is 0.504 e. The van der Waals surface area contributed by atoms with Crippen LogP contribution in [0.25, 0.3) is 0 Å². The number of carbonyl (C=O) groups is 2. The Morgan fingerprint density at radius 3 is 2.25 bits per heavy atom. The van der Waals surface area contributed by atoms with Gasteiger partial charge in [0.1, 0.15) is 0 Å². The second-order valence-corrected chi connectivity index (χ2v) is 4.47. The molecule has 0 atom stereocenters. The minimum atomic E-state index is -0.353. The summed E-state index contributed by atoms with van der Waals surface area (Å²) in [6, 6.07) is 9.65. The van der Waals surface area contributed by atoms with Gasteiger partial charge >= 0.3 is 0 Å². The molecule has 0 bridgehead atoms. The maximum Gasteiger partial charge on any atom is 0.198 e. The monoisotopic (exact) mass is 268 g/mol. The van der Waals surface area contributed by atoms with Crippen LogP contribution >= 0.6 is 0 Å². The van der Waals surface area contributed by atoms with Gasteiger partial charge in [-0.1, -0.05) is 24.3 Å². The van der Waals surface area contributed by atoms with Crippen LogP contribution in [0.5, 0.6) is 11.5 Å². The van der Waals surface area contributed by atoms with Crippen LogP contribution in [0.3, 0.4) is 0 Å². The average molecular weight is 268 g/mol. The lowest BCUT2D eigenvalue weighted by molar-refractivity contribution is 0.0976. The van der Waals surface area contributed by atoms with Crippen LogP contribution in [0.4, 0.5) is 0 Å². The Hall–Kier alpha value is -2.62. The predicted molar refractivity (Wildman–Crippen MR) is 72.6 cm³/mol. The molecule has 0 radical (unpaired) electrons. The summed E-state index contributed by atoms with van der Waals surface area (Å²) in [5, 5.41) is 10.2. The molecule has 0 unspecified atom stereocenters. The van der Waals surface area contributed by atoms with E-state index >= 15 is 0 Å². The summed E-state index contributed by atoms with van der Waals surface area (Å²) in [4.78, 5) is 24.8. The van der Waals surface area contributed by atoms with Gasteiger partial charge < -0.3 is 9.84 Å². The summed E-state index contributed by atoms with van der Waals surface area (Å²) in [5.41, 5.74) is 0.928. The van der Waals surface area contributed by atoms with Crippen molar-refractivity contribution in [3.8, 4) is 11.5 Å². The van der Waals surface area contributed by atoms with Crippen LogP contribution in [0.15, 0.2) is 36.4 Å². The van der Waals surface area contributed by atoms with Gasteiger partial charge in [-0.2, -0.15) is 0 Å². The van der Waals surface area contributed by atoms with E-state index in [9.17, 15) is 14.7 Å². The van der Waals surface area contributed by atoms with Crippen LogP contribution < -0.4 is 4.74 Å². The molecule has 20 heavy (non-hydrogen) atoms. The molecule has 0 saturated heterocycles. The number of ether oxygens (including phenoxy) is 1. The van der Waals surface area contributed by atoms with Gasteiger partial charge in [-0.15, -0.1) is 0 Å². The van der Waals surface area contributed by atoms with Crippen molar-refractivity contribution in [2.24, 2.45) is 0 Å². The number of rotatable bonds is 2. The van der Waals surface area contributed by atoms with Crippen LogP contribution in [-0.4, -0.2) is 23.3 Å². The molecule has 2 aromatic rings. The van der Waals surface area contributed by atoms with E-state index in [2.05, 4.69) is 0 Å².